The number of rotatable bonds is 5. The van der Waals surface area contributed by atoms with Crippen LogP contribution in [0.5, 0.6) is 0 Å². The molecule has 0 unspecified atom stereocenters. The zero-order valence-corrected chi connectivity index (χ0v) is 42.8. The second kappa shape index (κ2) is 78.7. The monoisotopic (exact) mass is 839 g/mol. The predicted octanol–water partition coefficient (Wildman–Crippen LogP) is 18.5. The molecule has 0 bridgehead atoms. The van der Waals surface area contributed by atoms with E-state index in [1.165, 1.54) is 19.3 Å². The SMILES string of the molecule is CC.CC.CC.CC.CC.CC(C)C.CCC.CCCC.CN=C=Nc1ccccc1.CN=C=Nc1ccccc1.CN=C=Nc1ccccc1.CN=C=Nc1ccccc1. The van der Waals surface area contributed by atoms with Crippen molar-refractivity contribution in [2.75, 3.05) is 28.2 Å². The molecule has 4 rings (SSSR count). The molecule has 0 aliphatic carbocycles. The zero-order valence-electron chi connectivity index (χ0n) is 42.8. The van der Waals surface area contributed by atoms with Crippen LogP contribution in [0.1, 0.15) is 137 Å². The van der Waals surface area contributed by atoms with E-state index < -0.39 is 0 Å². The van der Waals surface area contributed by atoms with Crippen molar-refractivity contribution in [3.05, 3.63) is 121 Å². The van der Waals surface area contributed by atoms with Crippen LogP contribution in [-0.4, -0.2) is 52.2 Å². The highest BCUT2D eigenvalue weighted by molar-refractivity contribution is 5.53. The normalized spacial score (nSPS) is 7.18. The third-order valence-corrected chi connectivity index (χ3v) is 4.64. The van der Waals surface area contributed by atoms with Gasteiger partial charge in [-0.1, -0.05) is 210 Å². The van der Waals surface area contributed by atoms with Gasteiger partial charge >= 0.3 is 0 Å². The van der Waals surface area contributed by atoms with E-state index in [1.54, 1.807) is 28.2 Å². The van der Waals surface area contributed by atoms with E-state index in [0.717, 1.165) is 28.7 Å². The Hall–Kier alpha value is -5.60. The summed E-state index contributed by atoms with van der Waals surface area (Å²) in [6.07, 6.45) is 3.89. The minimum atomic E-state index is 0.833. The number of unbranched alkanes of at least 4 members (excludes halogenated alkanes) is 1. The van der Waals surface area contributed by atoms with Crippen molar-refractivity contribution in [1.82, 2.24) is 0 Å². The molecule has 0 spiro atoms. The van der Waals surface area contributed by atoms with E-state index >= 15 is 0 Å². The average Bonchev–Trinajstić information content (AvgIpc) is 3.34. The molecule has 4 aromatic carbocycles. The fourth-order valence-electron chi connectivity index (χ4n) is 2.44. The molecule has 4 aromatic rings. The van der Waals surface area contributed by atoms with Crippen molar-refractivity contribution < 1.29 is 0 Å². The summed E-state index contributed by atoms with van der Waals surface area (Å²) >= 11 is 0. The Morgan fingerprint density at radius 3 is 0.557 bits per heavy atom. The van der Waals surface area contributed by atoms with Gasteiger partial charge in [0.25, 0.3) is 0 Å². The van der Waals surface area contributed by atoms with E-state index in [0.29, 0.717) is 0 Å². The number of benzene rings is 4. The number of hydrogen-bond donors (Lipinski definition) is 0. The maximum Gasteiger partial charge on any atom is 0.0946 e. The molecule has 342 valence electrons. The molecule has 0 amide bonds. The maximum atomic E-state index is 3.91. The minimum absolute atomic E-state index is 0.833. The minimum Gasteiger partial charge on any atom is -0.229 e. The molecule has 61 heavy (non-hydrogen) atoms. The van der Waals surface area contributed by atoms with Gasteiger partial charge in [-0.2, -0.15) is 20.0 Å². The lowest BCUT2D eigenvalue weighted by molar-refractivity contribution is 0.737. The molecule has 0 aliphatic rings. The molecular formula is C53H90N8. The van der Waals surface area contributed by atoms with Gasteiger partial charge in [-0.05, 0) is 54.4 Å². The fraction of sp³-hybridized carbons (Fsp3) is 0.472. The number of aliphatic imine (C=N–C) groups is 8. The van der Waals surface area contributed by atoms with E-state index in [9.17, 15) is 0 Å². The van der Waals surface area contributed by atoms with Gasteiger partial charge in [0.2, 0.25) is 0 Å². The third-order valence-electron chi connectivity index (χ3n) is 4.64. The molecule has 0 heterocycles. The molecule has 0 atom stereocenters. The summed E-state index contributed by atoms with van der Waals surface area (Å²) in [6.45, 7) is 35.1. The van der Waals surface area contributed by atoms with Gasteiger partial charge in [0.15, 0.2) is 0 Å². The van der Waals surface area contributed by atoms with Gasteiger partial charge in [-0.15, -0.1) is 0 Å². The van der Waals surface area contributed by atoms with E-state index in [4.69, 9.17) is 0 Å². The van der Waals surface area contributed by atoms with Crippen LogP contribution in [0.25, 0.3) is 0 Å². The number of para-hydroxylation sites is 4. The zero-order chi connectivity index (χ0) is 48.6. The molecule has 0 saturated carbocycles. The lowest BCUT2D eigenvalue weighted by Crippen LogP contribution is -1.66. The second-order valence-electron chi connectivity index (χ2n) is 10.5. The molecule has 0 N–H and O–H groups in total. The lowest BCUT2D eigenvalue weighted by Gasteiger charge is -1.84. The van der Waals surface area contributed by atoms with E-state index in [1.807, 2.05) is 191 Å². The number of nitrogens with zero attached hydrogens (tertiary/aromatic N) is 8. The highest BCUT2D eigenvalue weighted by Gasteiger charge is 1.82. The van der Waals surface area contributed by atoms with Crippen LogP contribution in [0.3, 0.4) is 0 Å². The second-order valence-corrected chi connectivity index (χ2v) is 10.5. The van der Waals surface area contributed by atoms with Crippen LogP contribution in [0, 0.1) is 5.92 Å². The molecule has 8 heteroatoms. The Bertz CT molecular complexity index is 1310. The summed E-state index contributed by atoms with van der Waals surface area (Å²) in [7, 11) is 6.58. The highest BCUT2D eigenvalue weighted by atomic mass is 14.8. The average molecular weight is 839 g/mol. The molecule has 0 fully saturated rings. The highest BCUT2D eigenvalue weighted by Crippen LogP contribution is 2.09. The Kier molecular flexibility index (Phi) is 94.1. The summed E-state index contributed by atoms with van der Waals surface area (Å²) in [5, 5.41) is 0. The van der Waals surface area contributed by atoms with Crippen LogP contribution in [0.15, 0.2) is 161 Å². The van der Waals surface area contributed by atoms with Crippen LogP contribution in [-0.2, 0) is 0 Å². The van der Waals surface area contributed by atoms with Crippen molar-refractivity contribution in [3.8, 4) is 0 Å². The summed E-state index contributed by atoms with van der Waals surface area (Å²) < 4.78 is 0. The van der Waals surface area contributed by atoms with Crippen LogP contribution < -0.4 is 0 Å². The van der Waals surface area contributed by atoms with Crippen LogP contribution >= 0.6 is 0 Å². The predicted molar refractivity (Wildman–Crippen MR) is 281 cm³/mol. The van der Waals surface area contributed by atoms with Crippen molar-refractivity contribution in [2.45, 2.75) is 137 Å². The van der Waals surface area contributed by atoms with Crippen molar-refractivity contribution in [3.63, 3.8) is 0 Å². The molecule has 0 saturated heterocycles. The van der Waals surface area contributed by atoms with Gasteiger partial charge in [-0.3, -0.25) is 0 Å². The first kappa shape index (κ1) is 73.0. The summed E-state index contributed by atoms with van der Waals surface area (Å²) in [4.78, 5) is 30.1. The molecular weight excluding hydrogens is 749 g/mol. The molecule has 0 radical (unpaired) electrons. The molecule has 8 nitrogen and oxygen atoms in total. The Morgan fingerprint density at radius 2 is 0.459 bits per heavy atom. The Morgan fingerprint density at radius 1 is 0.328 bits per heavy atom. The lowest BCUT2D eigenvalue weighted by atomic mass is 10.3. The summed E-state index contributed by atoms with van der Waals surface area (Å²) in [5.41, 5.74) is 3.53. The standard InChI is InChI=1S/4C8H8N2.2C4H10.C3H8.5C2H6/c4*1-9-7-10-8-5-3-2-4-6-8;1-4(2)3;1-3-4-2;1-3-2;5*1-2/h4*2-6H,1H3;4H,1-3H3;3-4H2,1-2H3;3H2,1-2H3;5*1-2H3. The topological polar surface area (TPSA) is 98.9 Å². The van der Waals surface area contributed by atoms with E-state index in [2.05, 4.69) is 112 Å². The van der Waals surface area contributed by atoms with Gasteiger partial charge < -0.3 is 0 Å². The van der Waals surface area contributed by atoms with Crippen LogP contribution in [0.2, 0.25) is 0 Å². The fourth-order valence-corrected chi connectivity index (χ4v) is 2.44. The van der Waals surface area contributed by atoms with Crippen molar-refractivity contribution in [1.29, 1.82) is 0 Å². The van der Waals surface area contributed by atoms with Gasteiger partial charge in [0.1, 0.15) is 0 Å². The van der Waals surface area contributed by atoms with Crippen LogP contribution in [0.4, 0.5) is 22.7 Å². The van der Waals surface area contributed by atoms with Gasteiger partial charge in [0, 0.05) is 28.2 Å². The Labute approximate surface area is 377 Å². The first-order valence-corrected chi connectivity index (χ1v) is 22.2. The van der Waals surface area contributed by atoms with Gasteiger partial charge in [0.05, 0.1) is 46.8 Å². The molecule has 0 aliphatic heterocycles. The largest absolute Gasteiger partial charge is 0.229 e. The molecule has 0 aromatic heterocycles. The smallest absolute Gasteiger partial charge is 0.0946 e. The summed E-state index contributed by atoms with van der Waals surface area (Å²) in [5.74, 6) is 0.833. The van der Waals surface area contributed by atoms with Crippen molar-refractivity contribution >= 4 is 46.8 Å². The Balaban J connectivity index is -0.0000000891. The first-order valence-electron chi connectivity index (χ1n) is 22.2. The van der Waals surface area contributed by atoms with Gasteiger partial charge in [-0.25, -0.2) is 20.0 Å². The quantitative estimate of drug-likeness (QED) is 0.179. The maximum absolute atomic E-state index is 3.91. The third kappa shape index (κ3) is 79.3. The first-order chi connectivity index (χ1) is 29.8. The number of hydrogen-bond acceptors (Lipinski definition) is 8. The van der Waals surface area contributed by atoms with E-state index in [-0.39, 0.29) is 0 Å². The van der Waals surface area contributed by atoms with Crippen molar-refractivity contribution in [2.24, 2.45) is 45.9 Å². The summed E-state index contributed by atoms with van der Waals surface area (Å²) in [6, 6.07) is 48.5.